The van der Waals surface area contributed by atoms with Gasteiger partial charge >= 0.3 is 0 Å². The fourth-order valence-electron chi connectivity index (χ4n) is 3.03. The summed E-state index contributed by atoms with van der Waals surface area (Å²) in [5.41, 5.74) is 3.52. The molecule has 0 radical (unpaired) electrons. The van der Waals surface area contributed by atoms with Crippen LogP contribution in [0.3, 0.4) is 0 Å². The average Bonchev–Trinajstić information content (AvgIpc) is 3.10. The topological polar surface area (TPSA) is 39.4 Å². The van der Waals surface area contributed by atoms with Crippen LogP contribution >= 0.6 is 35.0 Å². The molecule has 0 fully saturated rings. The van der Waals surface area contributed by atoms with Crippen LogP contribution in [-0.4, -0.2) is 16.0 Å². The Morgan fingerprint density at radius 2 is 1.68 bits per heavy atom. The van der Waals surface area contributed by atoms with Gasteiger partial charge in [0, 0.05) is 23.1 Å². The number of oxime groups is 1. The Labute approximate surface area is 195 Å². The first-order chi connectivity index (χ1) is 15.1. The monoisotopic (exact) mass is 467 g/mol. The lowest BCUT2D eigenvalue weighted by Crippen LogP contribution is -1.94. The van der Waals surface area contributed by atoms with E-state index in [1.165, 1.54) is 0 Å². The van der Waals surface area contributed by atoms with Gasteiger partial charge in [-0.05, 0) is 18.2 Å². The third-order valence-corrected chi connectivity index (χ3v) is 6.59. The van der Waals surface area contributed by atoms with E-state index in [1.807, 2.05) is 72.4 Å². The highest BCUT2D eigenvalue weighted by Crippen LogP contribution is 2.34. The molecule has 4 aromatic rings. The van der Waals surface area contributed by atoms with Gasteiger partial charge in [-0.2, -0.15) is 5.10 Å². The molecule has 156 valence electrons. The lowest BCUT2D eigenvalue weighted by atomic mass is 10.1. The van der Waals surface area contributed by atoms with Gasteiger partial charge in [0.15, 0.2) is 0 Å². The number of benzene rings is 3. The third kappa shape index (κ3) is 5.13. The number of aryl methyl sites for hydroxylation is 1. The van der Waals surface area contributed by atoms with Crippen molar-refractivity contribution >= 4 is 41.2 Å². The zero-order valence-corrected chi connectivity index (χ0v) is 19.0. The van der Waals surface area contributed by atoms with Gasteiger partial charge < -0.3 is 4.84 Å². The van der Waals surface area contributed by atoms with Crippen LogP contribution in [0.25, 0.3) is 11.3 Å². The molecule has 0 saturated carbocycles. The van der Waals surface area contributed by atoms with E-state index in [4.69, 9.17) is 33.1 Å². The van der Waals surface area contributed by atoms with Crippen LogP contribution in [0.1, 0.15) is 11.1 Å². The second kappa shape index (κ2) is 10.1. The molecule has 1 heterocycles. The van der Waals surface area contributed by atoms with E-state index in [0.29, 0.717) is 10.0 Å². The summed E-state index contributed by atoms with van der Waals surface area (Å²) < 4.78 is 1.87. The minimum absolute atomic E-state index is 0.220. The molecule has 0 aliphatic rings. The first kappa shape index (κ1) is 21.5. The Kier molecular flexibility index (Phi) is 6.97. The number of rotatable bonds is 7. The van der Waals surface area contributed by atoms with Gasteiger partial charge in [-0.3, -0.25) is 4.68 Å². The second-order valence-electron chi connectivity index (χ2n) is 6.69. The molecule has 4 nitrogen and oxygen atoms in total. The van der Waals surface area contributed by atoms with E-state index in [0.717, 1.165) is 32.3 Å². The molecule has 0 aliphatic carbocycles. The van der Waals surface area contributed by atoms with Gasteiger partial charge in [0.05, 0.1) is 21.8 Å². The maximum Gasteiger partial charge on any atom is 0.143 e. The summed E-state index contributed by atoms with van der Waals surface area (Å²) in [7, 11) is 1.93. The van der Waals surface area contributed by atoms with Crippen LogP contribution in [0.5, 0.6) is 0 Å². The number of nitrogens with zero attached hydrogens (tertiary/aromatic N) is 3. The lowest BCUT2D eigenvalue weighted by molar-refractivity contribution is 0.132. The van der Waals surface area contributed by atoms with Crippen molar-refractivity contribution in [3.05, 3.63) is 100 Å². The Morgan fingerprint density at radius 3 is 2.42 bits per heavy atom. The van der Waals surface area contributed by atoms with Crippen molar-refractivity contribution in [3.8, 4) is 11.3 Å². The van der Waals surface area contributed by atoms with E-state index in [1.54, 1.807) is 24.0 Å². The van der Waals surface area contributed by atoms with Crippen LogP contribution in [0.4, 0.5) is 0 Å². The van der Waals surface area contributed by atoms with Gasteiger partial charge in [-0.1, -0.05) is 101 Å². The van der Waals surface area contributed by atoms with Gasteiger partial charge in [-0.25, -0.2) is 0 Å². The van der Waals surface area contributed by atoms with Crippen molar-refractivity contribution in [2.75, 3.05) is 0 Å². The van der Waals surface area contributed by atoms with Crippen LogP contribution in [0, 0.1) is 0 Å². The molecule has 31 heavy (non-hydrogen) atoms. The summed E-state index contributed by atoms with van der Waals surface area (Å²) in [6.07, 6.45) is 1.71. The van der Waals surface area contributed by atoms with Gasteiger partial charge in [0.2, 0.25) is 0 Å². The molecule has 3 aromatic carbocycles. The zero-order valence-electron chi connectivity index (χ0n) is 16.7. The lowest BCUT2D eigenvalue weighted by Gasteiger charge is -2.05. The number of halogens is 2. The highest BCUT2D eigenvalue weighted by Gasteiger charge is 2.17. The first-order valence-corrected chi connectivity index (χ1v) is 11.1. The Morgan fingerprint density at radius 1 is 0.968 bits per heavy atom. The smallest absolute Gasteiger partial charge is 0.143 e. The molecule has 0 atom stereocenters. The molecule has 0 N–H and O–H groups in total. The highest BCUT2D eigenvalue weighted by molar-refractivity contribution is 7.99. The van der Waals surface area contributed by atoms with Crippen molar-refractivity contribution in [1.29, 1.82) is 0 Å². The van der Waals surface area contributed by atoms with E-state index in [9.17, 15) is 0 Å². The number of aromatic nitrogens is 2. The molecule has 0 amide bonds. The average molecular weight is 468 g/mol. The van der Waals surface area contributed by atoms with Crippen molar-refractivity contribution in [3.63, 3.8) is 0 Å². The molecule has 0 saturated heterocycles. The maximum absolute atomic E-state index is 6.23. The summed E-state index contributed by atoms with van der Waals surface area (Å²) in [6.45, 7) is 0.220. The Bertz CT molecular complexity index is 1190. The summed E-state index contributed by atoms with van der Waals surface area (Å²) in [5.74, 6) is 0. The standard InChI is InChI=1S/C24H19Cl2N3OS/c1-29-24(31-19-12-6-3-7-13-19)20(23(28-29)17-9-4-2-5-10-17)15-27-30-16-18-11-8-14-21(25)22(18)26/h2-15H,16H2,1H3/b27-15+. The summed E-state index contributed by atoms with van der Waals surface area (Å²) >= 11 is 13.9. The van der Waals surface area contributed by atoms with Crippen molar-refractivity contribution in [2.45, 2.75) is 16.5 Å². The van der Waals surface area contributed by atoms with Gasteiger partial charge in [-0.15, -0.1) is 0 Å². The fourth-order valence-corrected chi connectivity index (χ4v) is 4.35. The summed E-state index contributed by atoms with van der Waals surface area (Å²) in [4.78, 5) is 6.66. The van der Waals surface area contributed by atoms with Crippen molar-refractivity contribution in [2.24, 2.45) is 12.2 Å². The van der Waals surface area contributed by atoms with E-state index >= 15 is 0 Å². The second-order valence-corrected chi connectivity index (χ2v) is 8.54. The predicted octanol–water partition coefficient (Wildman–Crippen LogP) is 7.10. The number of hydrogen-bond donors (Lipinski definition) is 0. The largest absolute Gasteiger partial charge is 0.391 e. The minimum atomic E-state index is 0.220. The molecular formula is C24H19Cl2N3OS. The van der Waals surface area contributed by atoms with Crippen molar-refractivity contribution in [1.82, 2.24) is 9.78 Å². The summed E-state index contributed by atoms with van der Waals surface area (Å²) in [5, 5.41) is 10.9. The van der Waals surface area contributed by atoms with E-state index < -0.39 is 0 Å². The Balaban J connectivity index is 1.63. The predicted molar refractivity (Wildman–Crippen MR) is 128 cm³/mol. The molecule has 0 bridgehead atoms. The van der Waals surface area contributed by atoms with E-state index in [-0.39, 0.29) is 6.61 Å². The first-order valence-electron chi connectivity index (χ1n) is 9.57. The third-order valence-electron chi connectivity index (χ3n) is 4.54. The fraction of sp³-hybridized carbons (Fsp3) is 0.0833. The highest BCUT2D eigenvalue weighted by atomic mass is 35.5. The quantitative estimate of drug-likeness (QED) is 0.215. The van der Waals surface area contributed by atoms with Gasteiger partial charge in [0.1, 0.15) is 17.3 Å². The molecule has 1 aromatic heterocycles. The Hall–Kier alpha value is -2.73. The van der Waals surface area contributed by atoms with E-state index in [2.05, 4.69) is 17.3 Å². The van der Waals surface area contributed by atoms with Crippen LogP contribution in [-0.2, 0) is 18.5 Å². The van der Waals surface area contributed by atoms with Gasteiger partial charge in [0.25, 0.3) is 0 Å². The summed E-state index contributed by atoms with van der Waals surface area (Å²) in [6, 6.07) is 25.6. The molecule has 0 aliphatic heterocycles. The van der Waals surface area contributed by atoms with Crippen LogP contribution in [0.15, 0.2) is 93.9 Å². The van der Waals surface area contributed by atoms with Crippen LogP contribution < -0.4 is 0 Å². The normalized spacial score (nSPS) is 11.2. The SMILES string of the molecule is Cn1nc(-c2ccccc2)c(/C=N/OCc2cccc(Cl)c2Cl)c1Sc1ccccc1. The van der Waals surface area contributed by atoms with Crippen LogP contribution in [0.2, 0.25) is 10.0 Å². The molecule has 0 unspecified atom stereocenters. The zero-order chi connectivity index (χ0) is 21.6. The molecule has 0 spiro atoms. The van der Waals surface area contributed by atoms with Crippen molar-refractivity contribution < 1.29 is 4.84 Å². The maximum atomic E-state index is 6.23. The molecule has 7 heteroatoms. The number of hydrogen-bond acceptors (Lipinski definition) is 4. The molecular weight excluding hydrogens is 449 g/mol. The molecule has 4 rings (SSSR count). The minimum Gasteiger partial charge on any atom is -0.391 e.